The minimum Gasteiger partial charge on any atom is -0.481 e. The molecule has 2 unspecified atom stereocenters. The minimum atomic E-state index is -1.23. The van der Waals surface area contributed by atoms with Crippen LogP contribution in [0.2, 0.25) is 0 Å². The molecule has 0 bridgehead atoms. The monoisotopic (exact) mass is 195 g/mol. The molecule has 0 radical (unpaired) electrons. The molecule has 74 valence electrons. The summed E-state index contributed by atoms with van der Waals surface area (Å²) in [5, 5.41) is 26.5. The molecular formula is C9H9NO4. The van der Waals surface area contributed by atoms with E-state index in [0.29, 0.717) is 0 Å². The van der Waals surface area contributed by atoms with Gasteiger partial charge in [0.25, 0.3) is 0 Å². The molecule has 0 fully saturated rings. The smallest absolute Gasteiger partial charge is 0.309 e. The highest BCUT2D eigenvalue weighted by molar-refractivity contribution is 5.70. The van der Waals surface area contributed by atoms with Crippen molar-refractivity contribution in [1.82, 2.24) is 0 Å². The van der Waals surface area contributed by atoms with E-state index in [2.05, 4.69) is 0 Å². The summed E-state index contributed by atoms with van der Waals surface area (Å²) in [6, 6.07) is 4.52. The third-order valence-electron chi connectivity index (χ3n) is 1.89. The quantitative estimate of drug-likeness (QED) is 0.747. The molecule has 1 heterocycles. The van der Waals surface area contributed by atoms with Crippen LogP contribution in [0.25, 0.3) is 0 Å². The van der Waals surface area contributed by atoms with Crippen LogP contribution in [0.3, 0.4) is 0 Å². The van der Waals surface area contributed by atoms with Gasteiger partial charge in [0, 0.05) is 0 Å². The number of furan rings is 1. The summed E-state index contributed by atoms with van der Waals surface area (Å²) in [5.41, 5.74) is 0. The van der Waals surface area contributed by atoms with Crippen LogP contribution in [0.15, 0.2) is 16.5 Å². The van der Waals surface area contributed by atoms with E-state index in [4.69, 9.17) is 14.8 Å². The SMILES string of the molecule is CC(C(=O)O)C(O)c1ccc(C#N)o1. The Hall–Kier alpha value is -1.80. The van der Waals surface area contributed by atoms with Crippen molar-refractivity contribution >= 4 is 5.97 Å². The van der Waals surface area contributed by atoms with Crippen LogP contribution in [0.4, 0.5) is 0 Å². The van der Waals surface area contributed by atoms with Crippen LogP contribution < -0.4 is 0 Å². The van der Waals surface area contributed by atoms with Gasteiger partial charge in [-0.3, -0.25) is 4.79 Å². The summed E-state index contributed by atoms with van der Waals surface area (Å²) in [6.07, 6.45) is -1.23. The molecule has 0 saturated heterocycles. The van der Waals surface area contributed by atoms with Gasteiger partial charge in [-0.05, 0) is 19.1 Å². The van der Waals surface area contributed by atoms with E-state index < -0.39 is 18.0 Å². The average Bonchev–Trinajstić information content (AvgIpc) is 2.63. The molecular weight excluding hydrogens is 186 g/mol. The summed E-state index contributed by atoms with van der Waals surface area (Å²) >= 11 is 0. The lowest BCUT2D eigenvalue weighted by Crippen LogP contribution is -2.18. The fourth-order valence-corrected chi connectivity index (χ4v) is 0.953. The molecule has 0 aromatic carbocycles. The molecule has 5 heteroatoms. The van der Waals surface area contributed by atoms with Gasteiger partial charge < -0.3 is 14.6 Å². The first-order chi connectivity index (χ1) is 6.56. The van der Waals surface area contributed by atoms with Crippen molar-refractivity contribution < 1.29 is 19.4 Å². The minimum absolute atomic E-state index is 0.0524. The maximum absolute atomic E-state index is 10.5. The standard InChI is InChI=1S/C9H9NO4/c1-5(9(12)13)8(11)7-3-2-6(4-10)14-7/h2-3,5,8,11H,1H3,(H,12,13). The third-order valence-corrected chi connectivity index (χ3v) is 1.89. The molecule has 0 aliphatic rings. The van der Waals surface area contributed by atoms with Gasteiger partial charge in [-0.15, -0.1) is 0 Å². The number of hydrogen-bond acceptors (Lipinski definition) is 4. The topological polar surface area (TPSA) is 94.5 Å². The van der Waals surface area contributed by atoms with Gasteiger partial charge in [0.2, 0.25) is 5.76 Å². The molecule has 0 amide bonds. The Balaban J connectivity index is 2.84. The molecule has 14 heavy (non-hydrogen) atoms. The number of aliphatic carboxylic acids is 1. The molecule has 5 nitrogen and oxygen atoms in total. The van der Waals surface area contributed by atoms with Crippen LogP contribution in [0.1, 0.15) is 24.5 Å². The van der Waals surface area contributed by atoms with Crippen molar-refractivity contribution in [2.75, 3.05) is 0 Å². The summed E-state index contributed by atoms with van der Waals surface area (Å²) in [6.45, 7) is 1.36. The van der Waals surface area contributed by atoms with E-state index in [9.17, 15) is 9.90 Å². The van der Waals surface area contributed by atoms with Gasteiger partial charge in [0.05, 0.1) is 5.92 Å². The second-order valence-electron chi connectivity index (χ2n) is 2.89. The number of rotatable bonds is 3. The van der Waals surface area contributed by atoms with Crippen molar-refractivity contribution in [3.05, 3.63) is 23.7 Å². The molecule has 1 aromatic heterocycles. The Morgan fingerprint density at radius 1 is 1.64 bits per heavy atom. The first kappa shape index (κ1) is 10.3. The Morgan fingerprint density at radius 2 is 2.29 bits per heavy atom. The highest BCUT2D eigenvalue weighted by Crippen LogP contribution is 2.23. The zero-order chi connectivity index (χ0) is 10.7. The fourth-order valence-electron chi connectivity index (χ4n) is 0.953. The zero-order valence-corrected chi connectivity index (χ0v) is 7.47. The first-order valence-corrected chi connectivity index (χ1v) is 3.97. The van der Waals surface area contributed by atoms with E-state index in [1.165, 1.54) is 19.1 Å². The van der Waals surface area contributed by atoms with Gasteiger partial charge in [0.1, 0.15) is 17.9 Å². The first-order valence-electron chi connectivity index (χ1n) is 3.97. The number of nitriles is 1. The van der Waals surface area contributed by atoms with Crippen molar-refractivity contribution in [2.45, 2.75) is 13.0 Å². The Kier molecular flexibility index (Phi) is 2.89. The predicted octanol–water partition coefficient (Wildman–Crippen LogP) is 0.905. The number of aliphatic hydroxyl groups excluding tert-OH is 1. The summed E-state index contributed by atoms with van der Waals surface area (Å²) in [5.74, 6) is -1.94. The van der Waals surface area contributed by atoms with Crippen LogP contribution in [0, 0.1) is 17.2 Å². The number of aliphatic hydroxyl groups is 1. The lowest BCUT2D eigenvalue weighted by atomic mass is 10.0. The van der Waals surface area contributed by atoms with Gasteiger partial charge in [0.15, 0.2) is 0 Å². The van der Waals surface area contributed by atoms with Gasteiger partial charge in [-0.2, -0.15) is 5.26 Å². The Bertz CT molecular complexity index is 376. The number of carboxylic acid groups (broad SMARTS) is 1. The van der Waals surface area contributed by atoms with Crippen LogP contribution >= 0.6 is 0 Å². The van der Waals surface area contributed by atoms with Crippen LogP contribution in [-0.2, 0) is 4.79 Å². The zero-order valence-electron chi connectivity index (χ0n) is 7.47. The van der Waals surface area contributed by atoms with Crippen molar-refractivity contribution in [3.63, 3.8) is 0 Å². The molecule has 0 aliphatic carbocycles. The normalized spacial score (nSPS) is 14.4. The third kappa shape index (κ3) is 1.92. The maximum Gasteiger partial charge on any atom is 0.309 e. The van der Waals surface area contributed by atoms with Gasteiger partial charge >= 0.3 is 5.97 Å². The number of nitrogens with zero attached hydrogens (tertiary/aromatic N) is 1. The van der Waals surface area contributed by atoms with Gasteiger partial charge in [-0.25, -0.2) is 0 Å². The Morgan fingerprint density at radius 3 is 2.71 bits per heavy atom. The van der Waals surface area contributed by atoms with E-state index in [1.807, 2.05) is 0 Å². The molecule has 0 saturated carbocycles. The van der Waals surface area contributed by atoms with E-state index in [-0.39, 0.29) is 11.5 Å². The predicted molar refractivity (Wildman–Crippen MR) is 45.2 cm³/mol. The molecule has 2 N–H and O–H groups in total. The summed E-state index contributed by atoms with van der Waals surface area (Å²) in [7, 11) is 0. The van der Waals surface area contributed by atoms with Crippen molar-refractivity contribution in [3.8, 4) is 6.07 Å². The van der Waals surface area contributed by atoms with Crippen LogP contribution in [-0.4, -0.2) is 16.2 Å². The number of carboxylic acids is 1. The average molecular weight is 195 g/mol. The maximum atomic E-state index is 10.5. The van der Waals surface area contributed by atoms with E-state index >= 15 is 0 Å². The molecule has 1 aromatic rings. The second kappa shape index (κ2) is 3.94. The van der Waals surface area contributed by atoms with Gasteiger partial charge in [-0.1, -0.05) is 0 Å². The number of carbonyl (C=O) groups is 1. The van der Waals surface area contributed by atoms with Crippen molar-refractivity contribution in [1.29, 1.82) is 5.26 Å². The molecule has 0 spiro atoms. The summed E-state index contributed by atoms with van der Waals surface area (Å²) in [4.78, 5) is 10.5. The summed E-state index contributed by atoms with van der Waals surface area (Å²) < 4.78 is 4.89. The highest BCUT2D eigenvalue weighted by atomic mass is 16.4. The van der Waals surface area contributed by atoms with E-state index in [0.717, 1.165) is 0 Å². The lowest BCUT2D eigenvalue weighted by Gasteiger charge is -2.11. The fraction of sp³-hybridized carbons (Fsp3) is 0.333. The largest absolute Gasteiger partial charge is 0.481 e. The highest BCUT2D eigenvalue weighted by Gasteiger charge is 2.25. The lowest BCUT2D eigenvalue weighted by molar-refractivity contribution is -0.145. The molecule has 1 rings (SSSR count). The van der Waals surface area contributed by atoms with E-state index in [1.54, 1.807) is 6.07 Å². The Labute approximate surface area is 80.2 Å². The molecule has 0 aliphatic heterocycles. The number of hydrogen-bond donors (Lipinski definition) is 2. The van der Waals surface area contributed by atoms with Crippen LogP contribution in [0.5, 0.6) is 0 Å². The molecule has 2 atom stereocenters. The van der Waals surface area contributed by atoms with Crippen molar-refractivity contribution in [2.24, 2.45) is 5.92 Å². The second-order valence-corrected chi connectivity index (χ2v) is 2.89.